The number of nitrogens with zero attached hydrogens (tertiary/aromatic N) is 1. The van der Waals surface area contributed by atoms with E-state index in [0.29, 0.717) is 6.04 Å². The Morgan fingerprint density at radius 1 is 1.32 bits per heavy atom. The van der Waals surface area contributed by atoms with Crippen LogP contribution in [0.2, 0.25) is 0 Å². The summed E-state index contributed by atoms with van der Waals surface area (Å²) >= 11 is 5.19. The topological polar surface area (TPSA) is 24.4 Å². The second-order valence-electron chi connectivity index (χ2n) is 5.11. The lowest BCUT2D eigenvalue weighted by atomic mass is 9.86. The van der Waals surface area contributed by atoms with Gasteiger partial charge in [0.1, 0.15) is 5.82 Å². The quantitative estimate of drug-likeness (QED) is 0.802. The van der Waals surface area contributed by atoms with Crippen LogP contribution in [0.3, 0.4) is 0 Å². The SMILES string of the molecule is Fc1ccc(Br)c(NC2=NC3CCCCC3CS2)c1. The monoisotopic (exact) mass is 342 g/mol. The van der Waals surface area contributed by atoms with E-state index in [1.807, 2.05) is 0 Å². The minimum Gasteiger partial charge on any atom is -0.334 e. The molecule has 1 aliphatic heterocycles. The van der Waals surface area contributed by atoms with E-state index >= 15 is 0 Å². The molecule has 1 aliphatic carbocycles. The number of fused-ring (bicyclic) bond motifs is 1. The van der Waals surface area contributed by atoms with E-state index in [1.165, 1.54) is 37.8 Å². The Kier molecular flexibility index (Phi) is 4.12. The first-order chi connectivity index (χ1) is 9.22. The van der Waals surface area contributed by atoms with E-state index < -0.39 is 0 Å². The molecule has 1 saturated carbocycles. The summed E-state index contributed by atoms with van der Waals surface area (Å²) in [6.45, 7) is 0. The van der Waals surface area contributed by atoms with Crippen molar-refractivity contribution >= 4 is 38.5 Å². The molecule has 3 rings (SSSR count). The van der Waals surface area contributed by atoms with E-state index in [1.54, 1.807) is 17.8 Å². The van der Waals surface area contributed by atoms with E-state index in [4.69, 9.17) is 4.99 Å². The van der Waals surface area contributed by atoms with Crippen LogP contribution in [0.4, 0.5) is 10.1 Å². The minimum atomic E-state index is -0.234. The molecule has 0 amide bonds. The highest BCUT2D eigenvalue weighted by Gasteiger charge is 2.29. The largest absolute Gasteiger partial charge is 0.334 e. The molecule has 0 spiro atoms. The van der Waals surface area contributed by atoms with Crippen LogP contribution in [0.15, 0.2) is 27.7 Å². The molecule has 5 heteroatoms. The van der Waals surface area contributed by atoms with E-state index in [2.05, 4.69) is 21.2 Å². The molecule has 1 aromatic rings. The van der Waals surface area contributed by atoms with Crippen molar-refractivity contribution in [3.63, 3.8) is 0 Å². The number of hydrogen-bond donors (Lipinski definition) is 1. The number of rotatable bonds is 1. The van der Waals surface area contributed by atoms with Gasteiger partial charge in [0.05, 0.1) is 11.7 Å². The van der Waals surface area contributed by atoms with Crippen molar-refractivity contribution in [3.8, 4) is 0 Å². The van der Waals surface area contributed by atoms with Crippen LogP contribution in [0, 0.1) is 11.7 Å². The number of nitrogens with one attached hydrogen (secondary N) is 1. The summed E-state index contributed by atoms with van der Waals surface area (Å²) < 4.78 is 14.1. The van der Waals surface area contributed by atoms with Crippen molar-refractivity contribution in [3.05, 3.63) is 28.5 Å². The van der Waals surface area contributed by atoms with Gasteiger partial charge >= 0.3 is 0 Å². The summed E-state index contributed by atoms with van der Waals surface area (Å²) in [7, 11) is 0. The summed E-state index contributed by atoms with van der Waals surface area (Å²) in [5.74, 6) is 1.63. The van der Waals surface area contributed by atoms with Gasteiger partial charge in [-0.15, -0.1) is 0 Å². The van der Waals surface area contributed by atoms with Gasteiger partial charge < -0.3 is 5.32 Å². The van der Waals surface area contributed by atoms with E-state index in [9.17, 15) is 4.39 Å². The first kappa shape index (κ1) is 13.4. The Morgan fingerprint density at radius 3 is 3.05 bits per heavy atom. The molecule has 1 aromatic carbocycles. The van der Waals surface area contributed by atoms with Gasteiger partial charge in [0.15, 0.2) is 5.17 Å². The molecular formula is C14H16BrFN2S. The van der Waals surface area contributed by atoms with Crippen molar-refractivity contribution in [1.29, 1.82) is 0 Å². The average Bonchev–Trinajstić information content (AvgIpc) is 2.43. The molecular weight excluding hydrogens is 327 g/mol. The average molecular weight is 343 g/mol. The lowest BCUT2D eigenvalue weighted by Gasteiger charge is -2.32. The van der Waals surface area contributed by atoms with Crippen molar-refractivity contribution in [2.24, 2.45) is 10.9 Å². The number of halogens is 2. The first-order valence-corrected chi connectivity index (χ1v) is 8.43. The molecule has 2 unspecified atom stereocenters. The summed E-state index contributed by atoms with van der Waals surface area (Å²) in [6.07, 6.45) is 5.13. The first-order valence-electron chi connectivity index (χ1n) is 6.65. The van der Waals surface area contributed by atoms with Gasteiger partial charge in [-0.25, -0.2) is 4.39 Å². The molecule has 1 N–H and O–H groups in total. The molecule has 102 valence electrons. The van der Waals surface area contributed by atoms with Gasteiger partial charge in [0.25, 0.3) is 0 Å². The lowest BCUT2D eigenvalue weighted by molar-refractivity contribution is 0.336. The second kappa shape index (κ2) is 5.83. The number of thioether (sulfide) groups is 1. The molecule has 1 fully saturated rings. The fourth-order valence-corrected chi connectivity index (χ4v) is 4.20. The van der Waals surface area contributed by atoms with Crippen LogP contribution in [0.5, 0.6) is 0 Å². The van der Waals surface area contributed by atoms with Crippen LogP contribution in [0.25, 0.3) is 0 Å². The van der Waals surface area contributed by atoms with Crippen molar-refractivity contribution in [2.75, 3.05) is 11.1 Å². The van der Waals surface area contributed by atoms with Gasteiger partial charge in [-0.05, 0) is 52.9 Å². The third-order valence-corrected chi connectivity index (χ3v) is 5.52. The smallest absolute Gasteiger partial charge is 0.161 e. The molecule has 1 heterocycles. The molecule has 2 aliphatic rings. The van der Waals surface area contributed by atoms with Crippen LogP contribution < -0.4 is 5.32 Å². The summed E-state index contributed by atoms with van der Waals surface area (Å²) in [5.41, 5.74) is 0.750. The standard InChI is InChI=1S/C14H16BrFN2S/c15-11-6-5-10(16)7-13(11)18-14-17-12-4-2-1-3-9(12)8-19-14/h5-7,9,12H,1-4,8H2,(H,17,18). The van der Waals surface area contributed by atoms with E-state index in [-0.39, 0.29) is 5.82 Å². The maximum absolute atomic E-state index is 13.3. The number of hydrogen-bond acceptors (Lipinski definition) is 3. The van der Waals surface area contributed by atoms with Gasteiger partial charge in [-0.3, -0.25) is 4.99 Å². The lowest BCUT2D eigenvalue weighted by Crippen LogP contribution is -2.31. The third-order valence-electron chi connectivity index (χ3n) is 3.76. The number of aliphatic imine (C=N–C) groups is 1. The minimum absolute atomic E-state index is 0.234. The fraction of sp³-hybridized carbons (Fsp3) is 0.500. The zero-order valence-electron chi connectivity index (χ0n) is 10.5. The zero-order valence-corrected chi connectivity index (χ0v) is 12.9. The predicted octanol–water partition coefficient (Wildman–Crippen LogP) is 4.66. The summed E-state index contributed by atoms with van der Waals surface area (Å²) in [6, 6.07) is 5.13. The highest BCUT2D eigenvalue weighted by Crippen LogP contribution is 2.35. The Bertz CT molecular complexity index is 506. The summed E-state index contributed by atoms with van der Waals surface area (Å²) in [5, 5.41) is 4.17. The van der Waals surface area contributed by atoms with Gasteiger partial charge in [-0.2, -0.15) is 0 Å². The van der Waals surface area contributed by atoms with Gasteiger partial charge in [-0.1, -0.05) is 24.6 Å². The fourth-order valence-electron chi connectivity index (χ4n) is 2.70. The van der Waals surface area contributed by atoms with Crippen LogP contribution >= 0.6 is 27.7 Å². The Labute approximate surface area is 125 Å². The number of amidine groups is 1. The van der Waals surface area contributed by atoms with Crippen LogP contribution in [-0.2, 0) is 0 Å². The molecule has 0 saturated heterocycles. The Hall–Kier alpha value is -0.550. The maximum atomic E-state index is 13.3. The maximum Gasteiger partial charge on any atom is 0.161 e. The Balaban J connectivity index is 1.76. The van der Waals surface area contributed by atoms with Crippen LogP contribution in [0.1, 0.15) is 25.7 Å². The number of benzene rings is 1. The molecule has 0 aromatic heterocycles. The molecule has 2 nitrogen and oxygen atoms in total. The van der Waals surface area contributed by atoms with Crippen LogP contribution in [-0.4, -0.2) is 17.0 Å². The number of anilines is 1. The Morgan fingerprint density at radius 2 is 2.16 bits per heavy atom. The van der Waals surface area contributed by atoms with Crippen molar-refractivity contribution < 1.29 is 4.39 Å². The normalized spacial score (nSPS) is 26.5. The van der Waals surface area contributed by atoms with Crippen molar-refractivity contribution in [1.82, 2.24) is 0 Å². The highest BCUT2D eigenvalue weighted by atomic mass is 79.9. The highest BCUT2D eigenvalue weighted by molar-refractivity contribution is 9.10. The molecule has 0 radical (unpaired) electrons. The molecule has 19 heavy (non-hydrogen) atoms. The van der Waals surface area contributed by atoms with Gasteiger partial charge in [0, 0.05) is 10.2 Å². The molecule has 0 bridgehead atoms. The molecule has 2 atom stereocenters. The predicted molar refractivity (Wildman–Crippen MR) is 83.4 cm³/mol. The van der Waals surface area contributed by atoms with Gasteiger partial charge in [0.2, 0.25) is 0 Å². The van der Waals surface area contributed by atoms with E-state index in [0.717, 1.165) is 27.0 Å². The zero-order chi connectivity index (χ0) is 13.2. The van der Waals surface area contributed by atoms with Crippen molar-refractivity contribution in [2.45, 2.75) is 31.7 Å². The summed E-state index contributed by atoms with van der Waals surface area (Å²) in [4.78, 5) is 4.80. The second-order valence-corrected chi connectivity index (χ2v) is 6.97. The third kappa shape index (κ3) is 3.14.